The molecular weight excluding hydrogens is 606 g/mol. The van der Waals surface area contributed by atoms with Gasteiger partial charge in [0.2, 0.25) is 0 Å². The molecule has 4 amide bonds. The van der Waals surface area contributed by atoms with Crippen LogP contribution in [0.15, 0.2) is 36.4 Å². The van der Waals surface area contributed by atoms with E-state index in [9.17, 15) is 29.3 Å². The number of halogens is 4. The number of nitrogen functional groups attached to an aromatic ring is 1. The van der Waals surface area contributed by atoms with Crippen molar-refractivity contribution >= 4 is 124 Å². The summed E-state index contributed by atoms with van der Waals surface area (Å²) >= 11 is 23.7. The molecule has 0 fully saturated rings. The highest BCUT2D eigenvalue weighted by molar-refractivity contribution is 6.49. The maximum absolute atomic E-state index is 13.3. The maximum atomic E-state index is 13.3. The van der Waals surface area contributed by atoms with Gasteiger partial charge in [-0.05, 0) is 29.0 Å². The van der Waals surface area contributed by atoms with Gasteiger partial charge in [-0.2, -0.15) is 0 Å². The molecule has 14 heteroatoms. The molecule has 0 radical (unpaired) electrons. The number of alkyl halides is 4. The zero-order chi connectivity index (χ0) is 28.5. The number of benzene rings is 5. The van der Waals surface area contributed by atoms with Crippen LogP contribution in [0.5, 0.6) is 0 Å². The second kappa shape index (κ2) is 8.05. The second-order valence-corrected chi connectivity index (χ2v) is 11.4. The Morgan fingerprint density at radius 1 is 0.625 bits per heavy atom. The van der Waals surface area contributed by atoms with Gasteiger partial charge in [0.05, 0.1) is 21.4 Å². The van der Waals surface area contributed by atoms with Crippen LogP contribution >= 0.6 is 46.4 Å². The lowest BCUT2D eigenvalue weighted by atomic mass is 9.81. The van der Waals surface area contributed by atoms with Crippen LogP contribution in [-0.4, -0.2) is 48.3 Å². The predicted molar refractivity (Wildman–Crippen MR) is 151 cm³/mol. The summed E-state index contributed by atoms with van der Waals surface area (Å²) < 4.78 is 0. The van der Waals surface area contributed by atoms with Gasteiger partial charge in [0, 0.05) is 49.8 Å². The molecule has 2 heterocycles. The topological polar surface area (TPSA) is 144 Å². The van der Waals surface area contributed by atoms with E-state index in [1.165, 1.54) is 24.3 Å². The highest BCUT2D eigenvalue weighted by atomic mass is 35.5. The van der Waals surface area contributed by atoms with Gasteiger partial charge in [0.25, 0.3) is 29.3 Å². The van der Waals surface area contributed by atoms with Crippen molar-refractivity contribution in [2.24, 2.45) is 0 Å². The van der Waals surface area contributed by atoms with Crippen molar-refractivity contribution in [2.45, 2.75) is 9.92 Å². The van der Waals surface area contributed by atoms with E-state index < -0.39 is 44.2 Å². The van der Waals surface area contributed by atoms with Gasteiger partial charge < -0.3 is 5.73 Å². The Labute approximate surface area is 242 Å². The summed E-state index contributed by atoms with van der Waals surface area (Å²) in [5.74, 6) is -3.18. The normalized spacial score (nSPS) is 15.3. The van der Waals surface area contributed by atoms with Crippen LogP contribution in [0.25, 0.3) is 43.1 Å². The first-order valence-electron chi connectivity index (χ1n) is 11.5. The Hall–Kier alpha value is -3.96. The molecule has 2 N–H and O–H groups in total. The van der Waals surface area contributed by atoms with Crippen molar-refractivity contribution in [3.63, 3.8) is 0 Å². The molecule has 0 atom stereocenters. The minimum absolute atomic E-state index is 0.0481. The lowest BCUT2D eigenvalue weighted by molar-refractivity contribution is -0.383. The van der Waals surface area contributed by atoms with Crippen molar-refractivity contribution in [1.82, 2.24) is 9.80 Å². The number of carbonyl (C=O) groups excluding carboxylic acids is 4. The molecular formula is C26H10Cl4N4O6. The van der Waals surface area contributed by atoms with Gasteiger partial charge in [-0.15, -0.1) is 0 Å². The fourth-order valence-corrected chi connectivity index (χ4v) is 6.72. The third-order valence-electron chi connectivity index (χ3n) is 7.50. The number of non-ortho nitro benzene ring substituents is 1. The van der Waals surface area contributed by atoms with Crippen molar-refractivity contribution in [3.8, 4) is 0 Å². The third-order valence-corrected chi connectivity index (χ3v) is 8.28. The largest absolute Gasteiger partial charge is 0.398 e. The van der Waals surface area contributed by atoms with Crippen LogP contribution in [0.3, 0.4) is 0 Å². The molecule has 0 bridgehead atoms. The van der Waals surface area contributed by atoms with Gasteiger partial charge in [0.15, 0.2) is 9.92 Å². The smallest absolute Gasteiger partial charge is 0.278 e. The molecule has 0 spiro atoms. The third kappa shape index (κ3) is 2.86. The number of hydrogen-bond donors (Lipinski definition) is 1. The molecule has 0 unspecified atom stereocenters. The first-order chi connectivity index (χ1) is 19.0. The Kier molecular flexibility index (Phi) is 5.04. The fraction of sp³-hybridized carbons (Fsp3) is 0.0769. The number of anilines is 1. The molecule has 2 aliphatic heterocycles. The summed E-state index contributed by atoms with van der Waals surface area (Å²) in [7, 11) is 0. The first-order valence-corrected chi connectivity index (χ1v) is 13.2. The van der Waals surface area contributed by atoms with Gasteiger partial charge in [0.1, 0.15) is 0 Å². The Balaban J connectivity index is 1.76. The maximum Gasteiger partial charge on any atom is 0.278 e. The molecule has 5 aromatic carbocycles. The Morgan fingerprint density at radius 2 is 1.05 bits per heavy atom. The van der Waals surface area contributed by atoms with E-state index in [2.05, 4.69) is 0 Å². The Morgan fingerprint density at radius 3 is 1.52 bits per heavy atom. The number of carbonyl (C=O) groups is 4. The van der Waals surface area contributed by atoms with E-state index in [0.29, 0.717) is 31.3 Å². The van der Waals surface area contributed by atoms with E-state index in [4.69, 9.17) is 52.1 Å². The average Bonchev–Trinajstić information content (AvgIpc) is 2.89. The quantitative estimate of drug-likeness (QED) is 0.0386. The minimum atomic E-state index is -1.53. The summed E-state index contributed by atoms with van der Waals surface area (Å²) in [5.41, 5.74) is 6.28. The predicted octanol–water partition coefficient (Wildman–Crippen LogP) is 5.94. The number of hydrogen-bond acceptors (Lipinski definition) is 7. The average molecular weight is 616 g/mol. The van der Waals surface area contributed by atoms with E-state index in [0.717, 1.165) is 6.07 Å². The number of nitro benzene ring substituents is 1. The molecule has 10 nitrogen and oxygen atoms in total. The molecule has 0 aliphatic carbocycles. The van der Waals surface area contributed by atoms with Crippen LogP contribution in [0, 0.1) is 10.1 Å². The SMILES string of the molecule is Nc1cc2c3c(ccc4c5c([N+](=O)[O-])cc6c7c(ccc(c1c34)c75)C(=O)N(C(Cl)Cl)C6=O)C(=O)N(C(Cl)Cl)C2=O. The molecule has 40 heavy (non-hydrogen) atoms. The highest BCUT2D eigenvalue weighted by Crippen LogP contribution is 2.51. The van der Waals surface area contributed by atoms with Crippen molar-refractivity contribution in [1.29, 1.82) is 0 Å². The van der Waals surface area contributed by atoms with Crippen molar-refractivity contribution in [2.75, 3.05) is 5.73 Å². The summed E-state index contributed by atoms with van der Waals surface area (Å²) in [6.45, 7) is 0. The number of fused-ring (bicyclic) bond motifs is 2. The van der Waals surface area contributed by atoms with Gasteiger partial charge >= 0.3 is 0 Å². The van der Waals surface area contributed by atoms with E-state index in [1.807, 2.05) is 0 Å². The molecule has 0 saturated heterocycles. The van der Waals surface area contributed by atoms with Crippen LogP contribution in [0.1, 0.15) is 41.4 Å². The van der Waals surface area contributed by atoms with Gasteiger partial charge in [-0.25, -0.2) is 9.80 Å². The number of nitrogens with zero attached hydrogens (tertiary/aromatic N) is 3. The van der Waals surface area contributed by atoms with Crippen LogP contribution in [0.4, 0.5) is 11.4 Å². The summed E-state index contributed by atoms with van der Waals surface area (Å²) in [6.07, 6.45) is 0. The molecule has 0 aromatic heterocycles. The number of nitro groups is 1. The van der Waals surface area contributed by atoms with Gasteiger partial charge in [-0.3, -0.25) is 29.3 Å². The van der Waals surface area contributed by atoms with Crippen LogP contribution in [0.2, 0.25) is 0 Å². The monoisotopic (exact) mass is 614 g/mol. The lowest BCUT2D eigenvalue weighted by Gasteiger charge is -2.31. The summed E-state index contributed by atoms with van der Waals surface area (Å²) in [5, 5.41) is 14.6. The Bertz CT molecular complexity index is 2110. The lowest BCUT2D eigenvalue weighted by Crippen LogP contribution is -2.43. The second-order valence-electron chi connectivity index (χ2n) is 9.30. The van der Waals surface area contributed by atoms with Crippen molar-refractivity contribution in [3.05, 3.63) is 68.8 Å². The number of nitrogens with two attached hydrogens (primary N) is 1. The summed E-state index contributed by atoms with van der Waals surface area (Å²) in [4.78, 5) is 63.3. The molecule has 198 valence electrons. The van der Waals surface area contributed by atoms with Gasteiger partial charge in [-0.1, -0.05) is 58.5 Å². The molecule has 0 saturated carbocycles. The van der Waals surface area contributed by atoms with Crippen LogP contribution in [-0.2, 0) is 0 Å². The minimum Gasteiger partial charge on any atom is -0.398 e. The number of amides is 4. The van der Waals surface area contributed by atoms with E-state index >= 15 is 0 Å². The number of imide groups is 2. The zero-order valence-electron chi connectivity index (χ0n) is 19.5. The molecule has 2 aliphatic rings. The summed E-state index contributed by atoms with van der Waals surface area (Å²) in [6, 6.07) is 8.40. The zero-order valence-corrected chi connectivity index (χ0v) is 22.5. The van der Waals surface area contributed by atoms with Crippen molar-refractivity contribution < 1.29 is 24.1 Å². The molecule has 7 rings (SSSR count). The fourth-order valence-electron chi connectivity index (χ4n) is 6.01. The van der Waals surface area contributed by atoms with E-state index in [-0.39, 0.29) is 49.5 Å². The highest BCUT2D eigenvalue weighted by Gasteiger charge is 2.41. The van der Waals surface area contributed by atoms with E-state index in [1.54, 1.807) is 6.07 Å². The standard InChI is InChI=1S/C26H10Cl4N4O6/c27-25(28)32-21(35)9-4-2-8-18-14(34(39)40)6-12-16-10(22(36)33(24(12)38)26(29)30)3-1-7(20(16)18)17-13(31)5-11(23(32)37)15(9)19(8)17/h1-6,25-26H,31H2. The molecule has 5 aromatic rings. The number of rotatable bonds is 3. The first kappa shape index (κ1) is 25.0. The van der Waals surface area contributed by atoms with Crippen LogP contribution < -0.4 is 5.73 Å².